The van der Waals surface area contributed by atoms with Crippen molar-refractivity contribution in [3.63, 3.8) is 0 Å². The average Bonchev–Trinajstić information content (AvgIpc) is 2.55. The summed E-state index contributed by atoms with van der Waals surface area (Å²) in [5.41, 5.74) is 0. The maximum atomic E-state index is 11.2. The van der Waals surface area contributed by atoms with E-state index in [1.807, 2.05) is 18.2 Å². The second kappa shape index (κ2) is 10.1. The van der Waals surface area contributed by atoms with Crippen LogP contribution in [0.15, 0.2) is 30.3 Å². The second-order valence-corrected chi connectivity index (χ2v) is 8.02. The maximum absolute atomic E-state index is 11.2. The third-order valence-electron chi connectivity index (χ3n) is 3.51. The van der Waals surface area contributed by atoms with E-state index >= 15 is 0 Å². The molecule has 0 aromatic heterocycles. The van der Waals surface area contributed by atoms with Gasteiger partial charge in [0.05, 0.1) is 0 Å². The summed E-state index contributed by atoms with van der Waals surface area (Å²) in [6, 6.07) is 10.3. The molecular formula is C17H24O3Se. The van der Waals surface area contributed by atoms with Crippen LogP contribution >= 0.6 is 0 Å². The van der Waals surface area contributed by atoms with E-state index in [1.165, 1.54) is 10.9 Å². The molecule has 2 rings (SSSR count). The number of rotatable bonds is 9. The Balaban J connectivity index is 1.56. The molecule has 1 heterocycles. The van der Waals surface area contributed by atoms with E-state index in [4.69, 9.17) is 9.47 Å². The third kappa shape index (κ3) is 6.75. The van der Waals surface area contributed by atoms with Crippen LogP contribution in [0.1, 0.15) is 38.5 Å². The predicted molar refractivity (Wildman–Crippen MR) is 85.0 cm³/mol. The van der Waals surface area contributed by atoms with Crippen molar-refractivity contribution in [3.8, 4) is 0 Å². The summed E-state index contributed by atoms with van der Waals surface area (Å²) >= 11 is 0.246. The molecule has 3 nitrogen and oxygen atoms in total. The van der Waals surface area contributed by atoms with Gasteiger partial charge in [0.1, 0.15) is 0 Å². The van der Waals surface area contributed by atoms with Gasteiger partial charge < -0.3 is 0 Å². The van der Waals surface area contributed by atoms with Gasteiger partial charge in [-0.2, -0.15) is 0 Å². The first-order valence-electron chi connectivity index (χ1n) is 7.78. The van der Waals surface area contributed by atoms with Gasteiger partial charge in [-0.25, -0.2) is 0 Å². The van der Waals surface area contributed by atoms with E-state index in [0.29, 0.717) is 0 Å². The molecule has 116 valence electrons. The first-order chi connectivity index (χ1) is 10.4. The van der Waals surface area contributed by atoms with Gasteiger partial charge in [0, 0.05) is 0 Å². The SMILES string of the molecule is O=CC(CCCCOC1CCCCO1)[Se]c1ccccc1. The van der Waals surface area contributed by atoms with E-state index in [2.05, 4.69) is 12.1 Å². The zero-order chi connectivity index (χ0) is 14.8. The molecule has 0 N–H and O–H groups in total. The first-order valence-corrected chi connectivity index (χ1v) is 9.63. The molecule has 0 bridgehead atoms. The molecule has 0 spiro atoms. The van der Waals surface area contributed by atoms with Gasteiger partial charge in [0.15, 0.2) is 0 Å². The third-order valence-corrected chi connectivity index (χ3v) is 6.01. The Hall–Kier alpha value is -0.671. The number of benzene rings is 1. The molecule has 0 saturated carbocycles. The molecule has 1 aliphatic rings. The van der Waals surface area contributed by atoms with E-state index < -0.39 is 0 Å². The molecule has 1 aromatic rings. The van der Waals surface area contributed by atoms with Gasteiger partial charge in [-0.05, 0) is 0 Å². The summed E-state index contributed by atoms with van der Waals surface area (Å²) in [5.74, 6) is 0. The van der Waals surface area contributed by atoms with E-state index in [1.54, 1.807) is 0 Å². The Kier molecular flexibility index (Phi) is 8.05. The number of unbranched alkanes of at least 4 members (excludes halogenated alkanes) is 1. The van der Waals surface area contributed by atoms with Crippen LogP contribution in [0.25, 0.3) is 0 Å². The number of carbonyl (C=O) groups is 1. The Morgan fingerprint density at radius 3 is 2.86 bits per heavy atom. The number of hydrogen-bond donors (Lipinski definition) is 0. The molecule has 0 radical (unpaired) electrons. The number of aldehydes is 1. The van der Waals surface area contributed by atoms with Gasteiger partial charge in [-0.3, -0.25) is 0 Å². The monoisotopic (exact) mass is 356 g/mol. The first kappa shape index (κ1) is 16.7. The molecule has 4 heteroatoms. The van der Waals surface area contributed by atoms with Crippen molar-refractivity contribution in [2.75, 3.05) is 13.2 Å². The van der Waals surface area contributed by atoms with Crippen LogP contribution in [0.3, 0.4) is 0 Å². The van der Waals surface area contributed by atoms with Crippen molar-refractivity contribution in [1.29, 1.82) is 0 Å². The Labute approximate surface area is 133 Å². The fraction of sp³-hybridized carbons (Fsp3) is 0.588. The normalized spacial score (nSPS) is 20.1. The number of carbonyl (C=O) groups excluding carboxylic acids is 1. The molecule has 1 fully saturated rings. The van der Waals surface area contributed by atoms with Gasteiger partial charge in [-0.1, -0.05) is 0 Å². The van der Waals surface area contributed by atoms with E-state index in [9.17, 15) is 4.79 Å². The molecule has 1 saturated heterocycles. The topological polar surface area (TPSA) is 35.5 Å². The Morgan fingerprint density at radius 1 is 1.29 bits per heavy atom. The van der Waals surface area contributed by atoms with Crippen molar-refractivity contribution in [1.82, 2.24) is 0 Å². The van der Waals surface area contributed by atoms with Crippen molar-refractivity contribution < 1.29 is 14.3 Å². The summed E-state index contributed by atoms with van der Waals surface area (Å²) in [6.45, 7) is 1.58. The van der Waals surface area contributed by atoms with Crippen LogP contribution in [0.5, 0.6) is 0 Å². The Bertz CT molecular complexity index is 390. The van der Waals surface area contributed by atoms with Crippen molar-refractivity contribution in [2.45, 2.75) is 49.6 Å². The molecule has 21 heavy (non-hydrogen) atoms. The van der Waals surface area contributed by atoms with Gasteiger partial charge >= 0.3 is 133 Å². The van der Waals surface area contributed by atoms with Crippen molar-refractivity contribution in [2.24, 2.45) is 0 Å². The molecule has 2 atom stereocenters. The summed E-state index contributed by atoms with van der Waals surface area (Å²) in [5, 5.41) is 0. The molecule has 1 aromatic carbocycles. The fourth-order valence-corrected chi connectivity index (χ4v) is 4.44. The van der Waals surface area contributed by atoms with E-state index in [0.717, 1.165) is 51.6 Å². The van der Waals surface area contributed by atoms with Gasteiger partial charge in [0.2, 0.25) is 0 Å². The van der Waals surface area contributed by atoms with Crippen LogP contribution in [-0.4, -0.2) is 40.7 Å². The van der Waals surface area contributed by atoms with Gasteiger partial charge in [0.25, 0.3) is 0 Å². The second-order valence-electron chi connectivity index (χ2n) is 5.27. The fourth-order valence-electron chi connectivity index (χ4n) is 2.33. The van der Waals surface area contributed by atoms with Crippen LogP contribution in [0.2, 0.25) is 4.82 Å². The number of hydrogen-bond acceptors (Lipinski definition) is 3. The van der Waals surface area contributed by atoms with Gasteiger partial charge in [-0.15, -0.1) is 0 Å². The standard InChI is InChI=1S/C17H24O3Se/c18-14-16(21-15-8-2-1-3-9-15)10-4-6-12-19-17-11-5-7-13-20-17/h1-3,8-9,14,16-17H,4-7,10-13H2. The molecular weight excluding hydrogens is 331 g/mol. The van der Waals surface area contributed by atoms with E-state index in [-0.39, 0.29) is 26.1 Å². The minimum atomic E-state index is 0.00848. The van der Waals surface area contributed by atoms with Crippen LogP contribution in [0.4, 0.5) is 0 Å². The predicted octanol–water partition coefficient (Wildman–Crippen LogP) is 2.72. The summed E-state index contributed by atoms with van der Waals surface area (Å²) in [6.07, 6.45) is 7.54. The zero-order valence-electron chi connectivity index (χ0n) is 12.4. The average molecular weight is 355 g/mol. The Morgan fingerprint density at radius 2 is 2.14 bits per heavy atom. The van der Waals surface area contributed by atoms with Crippen molar-refractivity contribution >= 4 is 25.7 Å². The van der Waals surface area contributed by atoms with Crippen molar-refractivity contribution in [3.05, 3.63) is 30.3 Å². The zero-order valence-corrected chi connectivity index (χ0v) is 14.1. The quantitative estimate of drug-likeness (QED) is 0.388. The van der Waals surface area contributed by atoms with Crippen LogP contribution in [-0.2, 0) is 14.3 Å². The molecule has 2 unspecified atom stereocenters. The van der Waals surface area contributed by atoms with Crippen LogP contribution < -0.4 is 4.46 Å². The molecule has 0 amide bonds. The number of ether oxygens (including phenoxy) is 2. The molecule has 1 aliphatic heterocycles. The summed E-state index contributed by atoms with van der Waals surface area (Å²) in [4.78, 5) is 11.4. The summed E-state index contributed by atoms with van der Waals surface area (Å²) < 4.78 is 12.5. The summed E-state index contributed by atoms with van der Waals surface area (Å²) in [7, 11) is 0. The van der Waals surface area contributed by atoms with Crippen LogP contribution in [0, 0.1) is 0 Å². The minimum absolute atomic E-state index is 0.00848. The molecule has 0 aliphatic carbocycles.